The van der Waals surface area contributed by atoms with Crippen LogP contribution < -0.4 is 0 Å². The molecule has 3 aliphatic carbocycles. The van der Waals surface area contributed by atoms with Crippen molar-refractivity contribution in [3.8, 4) is 6.07 Å². The van der Waals surface area contributed by atoms with E-state index in [4.69, 9.17) is 4.74 Å². The molecular formula is C11H15NO3. The smallest absolute Gasteiger partial charge is 0.304 e. The lowest BCUT2D eigenvalue weighted by Crippen LogP contribution is -2.54. The van der Waals surface area contributed by atoms with Gasteiger partial charge in [0.1, 0.15) is 6.07 Å². The summed E-state index contributed by atoms with van der Waals surface area (Å²) in [5, 5.41) is 18.9. The third-order valence-electron chi connectivity index (χ3n) is 3.70. The summed E-state index contributed by atoms with van der Waals surface area (Å²) in [5.74, 6) is -0.279. The number of esters is 1. The number of carbonyl (C=O) groups is 1. The molecule has 0 aromatic rings. The highest BCUT2D eigenvalue weighted by atomic mass is 16.6. The average Bonchev–Trinajstić information content (AvgIpc) is 2.19. The monoisotopic (exact) mass is 209 g/mol. The summed E-state index contributed by atoms with van der Waals surface area (Å²) in [7, 11) is 0. The van der Waals surface area contributed by atoms with Gasteiger partial charge in [0.2, 0.25) is 5.60 Å². The Morgan fingerprint density at radius 3 is 2.73 bits per heavy atom. The van der Waals surface area contributed by atoms with Crippen LogP contribution in [0.25, 0.3) is 0 Å². The first-order chi connectivity index (χ1) is 7.07. The fourth-order valence-electron chi connectivity index (χ4n) is 2.97. The van der Waals surface area contributed by atoms with Gasteiger partial charge in [-0.25, -0.2) is 0 Å². The van der Waals surface area contributed by atoms with Crippen LogP contribution in [0.1, 0.15) is 32.6 Å². The zero-order valence-electron chi connectivity index (χ0n) is 8.77. The van der Waals surface area contributed by atoms with Gasteiger partial charge >= 0.3 is 5.97 Å². The number of fused-ring (bicyclic) bond motifs is 3. The summed E-state index contributed by atoms with van der Waals surface area (Å²) in [5.41, 5.74) is -0.964. The highest BCUT2D eigenvalue weighted by molar-refractivity contribution is 5.67. The average molecular weight is 209 g/mol. The molecule has 4 nitrogen and oxygen atoms in total. The lowest BCUT2D eigenvalue weighted by Gasteiger charge is -2.48. The van der Waals surface area contributed by atoms with Crippen molar-refractivity contribution in [2.75, 3.05) is 0 Å². The van der Waals surface area contributed by atoms with Gasteiger partial charge in [-0.3, -0.25) is 4.79 Å². The van der Waals surface area contributed by atoms with Crippen molar-refractivity contribution in [3.05, 3.63) is 0 Å². The largest absolute Gasteiger partial charge is 0.443 e. The molecule has 4 unspecified atom stereocenters. The second-order valence-corrected chi connectivity index (χ2v) is 4.64. The third-order valence-corrected chi connectivity index (χ3v) is 3.70. The van der Waals surface area contributed by atoms with E-state index in [9.17, 15) is 15.2 Å². The van der Waals surface area contributed by atoms with Crippen LogP contribution in [0.4, 0.5) is 0 Å². The van der Waals surface area contributed by atoms with Crippen LogP contribution in [0.5, 0.6) is 0 Å². The van der Waals surface area contributed by atoms with Gasteiger partial charge in [-0.2, -0.15) is 5.26 Å². The Morgan fingerprint density at radius 1 is 1.60 bits per heavy atom. The van der Waals surface area contributed by atoms with Crippen molar-refractivity contribution in [2.45, 2.75) is 44.3 Å². The fourth-order valence-corrected chi connectivity index (χ4v) is 2.97. The SMILES string of the molecule is CC(=O)OC1(C#N)CC2CCC1CC2O. The molecule has 3 aliphatic rings. The van der Waals surface area contributed by atoms with Crippen LogP contribution in [0.15, 0.2) is 0 Å². The summed E-state index contributed by atoms with van der Waals surface area (Å²) >= 11 is 0. The summed E-state index contributed by atoms with van der Waals surface area (Å²) in [6, 6.07) is 2.15. The van der Waals surface area contributed by atoms with E-state index in [0.717, 1.165) is 12.8 Å². The first kappa shape index (κ1) is 10.4. The molecule has 0 spiro atoms. The number of nitriles is 1. The van der Waals surface area contributed by atoms with Crippen LogP contribution in [0.2, 0.25) is 0 Å². The molecule has 0 radical (unpaired) electrons. The number of nitrogens with zero attached hydrogens (tertiary/aromatic N) is 1. The van der Waals surface area contributed by atoms with Crippen molar-refractivity contribution < 1.29 is 14.6 Å². The molecule has 0 aromatic heterocycles. The first-order valence-electron chi connectivity index (χ1n) is 5.36. The first-order valence-corrected chi connectivity index (χ1v) is 5.36. The third kappa shape index (κ3) is 1.61. The number of carbonyl (C=O) groups excluding carboxylic acids is 1. The Bertz CT molecular complexity index is 322. The maximum absolute atomic E-state index is 11.0. The van der Waals surface area contributed by atoms with Gasteiger partial charge in [0.15, 0.2) is 0 Å². The molecule has 82 valence electrons. The van der Waals surface area contributed by atoms with Crippen molar-refractivity contribution in [2.24, 2.45) is 11.8 Å². The van der Waals surface area contributed by atoms with Gasteiger partial charge < -0.3 is 9.84 Å². The van der Waals surface area contributed by atoms with E-state index in [0.29, 0.717) is 12.8 Å². The van der Waals surface area contributed by atoms with Crippen molar-refractivity contribution >= 4 is 5.97 Å². The molecular weight excluding hydrogens is 194 g/mol. The maximum atomic E-state index is 11.0. The number of aliphatic hydroxyl groups is 1. The normalized spacial score (nSPS) is 43.4. The number of aliphatic hydroxyl groups excluding tert-OH is 1. The van der Waals surface area contributed by atoms with E-state index in [1.54, 1.807) is 0 Å². The van der Waals surface area contributed by atoms with Crippen LogP contribution in [-0.4, -0.2) is 22.8 Å². The number of hydrogen-bond acceptors (Lipinski definition) is 4. The van der Waals surface area contributed by atoms with Crippen molar-refractivity contribution in [1.29, 1.82) is 5.26 Å². The molecule has 3 fully saturated rings. The molecule has 0 aliphatic heterocycles. The summed E-state index contributed by atoms with van der Waals surface area (Å²) in [6.07, 6.45) is 2.58. The Morgan fingerprint density at radius 2 is 2.33 bits per heavy atom. The summed E-state index contributed by atoms with van der Waals surface area (Å²) in [4.78, 5) is 11.0. The highest BCUT2D eigenvalue weighted by Crippen LogP contribution is 2.49. The van der Waals surface area contributed by atoms with E-state index in [-0.39, 0.29) is 17.9 Å². The molecule has 2 bridgehead atoms. The predicted molar refractivity (Wildman–Crippen MR) is 51.6 cm³/mol. The lowest BCUT2D eigenvalue weighted by atomic mass is 9.61. The highest BCUT2D eigenvalue weighted by Gasteiger charge is 2.53. The van der Waals surface area contributed by atoms with E-state index in [1.165, 1.54) is 6.92 Å². The second-order valence-electron chi connectivity index (χ2n) is 4.64. The van der Waals surface area contributed by atoms with Gasteiger partial charge in [-0.05, 0) is 25.2 Å². The van der Waals surface area contributed by atoms with E-state index < -0.39 is 11.6 Å². The van der Waals surface area contributed by atoms with Gasteiger partial charge in [0, 0.05) is 19.3 Å². The molecule has 0 saturated heterocycles. The quantitative estimate of drug-likeness (QED) is 0.654. The Hall–Kier alpha value is -1.08. The maximum Gasteiger partial charge on any atom is 0.304 e. The molecule has 0 aromatic carbocycles. The number of hydrogen-bond donors (Lipinski definition) is 1. The van der Waals surface area contributed by atoms with Gasteiger partial charge in [-0.1, -0.05) is 0 Å². The minimum Gasteiger partial charge on any atom is -0.443 e. The van der Waals surface area contributed by atoms with Crippen LogP contribution in [0.3, 0.4) is 0 Å². The topological polar surface area (TPSA) is 70.3 Å². The Labute approximate surface area is 88.8 Å². The standard InChI is InChI=1S/C11H15NO3/c1-7(13)15-11(6-12)5-8-2-3-9(11)4-10(8)14/h8-10,14H,2-5H2,1H3. The van der Waals surface area contributed by atoms with E-state index >= 15 is 0 Å². The van der Waals surface area contributed by atoms with Crippen molar-refractivity contribution in [1.82, 2.24) is 0 Å². The number of rotatable bonds is 1. The fraction of sp³-hybridized carbons (Fsp3) is 0.818. The predicted octanol–water partition coefficient (Wildman–Crippen LogP) is 0.993. The van der Waals surface area contributed by atoms with Crippen molar-refractivity contribution in [3.63, 3.8) is 0 Å². The molecule has 3 rings (SSSR count). The van der Waals surface area contributed by atoms with Gasteiger partial charge in [0.25, 0.3) is 0 Å². The molecule has 0 amide bonds. The molecule has 0 heterocycles. The Balaban J connectivity index is 2.22. The van der Waals surface area contributed by atoms with Crippen LogP contribution in [0, 0.1) is 23.2 Å². The zero-order valence-corrected chi connectivity index (χ0v) is 8.77. The minimum atomic E-state index is -0.964. The Kier molecular flexibility index (Phi) is 2.43. The summed E-state index contributed by atoms with van der Waals surface area (Å²) < 4.78 is 5.20. The molecule has 4 atom stereocenters. The number of ether oxygens (including phenoxy) is 1. The molecule has 4 heteroatoms. The molecule has 15 heavy (non-hydrogen) atoms. The second kappa shape index (κ2) is 3.49. The van der Waals surface area contributed by atoms with Gasteiger partial charge in [-0.15, -0.1) is 0 Å². The summed E-state index contributed by atoms with van der Waals surface area (Å²) in [6.45, 7) is 1.33. The van der Waals surface area contributed by atoms with E-state index in [2.05, 4.69) is 6.07 Å². The van der Waals surface area contributed by atoms with Gasteiger partial charge in [0.05, 0.1) is 6.10 Å². The van der Waals surface area contributed by atoms with E-state index in [1.807, 2.05) is 0 Å². The minimum absolute atomic E-state index is 0.00593. The zero-order chi connectivity index (χ0) is 11.1. The van der Waals surface area contributed by atoms with Crippen LogP contribution >= 0.6 is 0 Å². The molecule has 3 saturated carbocycles. The van der Waals surface area contributed by atoms with Crippen LogP contribution in [-0.2, 0) is 9.53 Å². The molecule has 1 N–H and O–H groups in total. The lowest BCUT2D eigenvalue weighted by molar-refractivity contribution is -0.174.